The second-order valence-corrected chi connectivity index (χ2v) is 7.73. The maximum Gasteiger partial charge on any atom is 0.222 e. The fourth-order valence-electron chi connectivity index (χ4n) is 3.31. The molecule has 2 atom stereocenters. The smallest absolute Gasteiger partial charge is 0.222 e. The van der Waals surface area contributed by atoms with Gasteiger partial charge >= 0.3 is 0 Å². The molecule has 0 saturated heterocycles. The Labute approximate surface area is 171 Å². The molecule has 0 radical (unpaired) electrons. The van der Waals surface area contributed by atoms with Crippen LogP contribution in [0.4, 0.5) is 10.2 Å². The van der Waals surface area contributed by atoms with Gasteiger partial charge in [0.2, 0.25) is 5.91 Å². The number of aromatic nitrogens is 3. The van der Waals surface area contributed by atoms with E-state index in [4.69, 9.17) is 14.5 Å². The van der Waals surface area contributed by atoms with Crippen molar-refractivity contribution in [3.63, 3.8) is 0 Å². The van der Waals surface area contributed by atoms with E-state index in [-0.39, 0.29) is 12.5 Å². The number of halogens is 1. The van der Waals surface area contributed by atoms with Gasteiger partial charge in [-0.1, -0.05) is 0 Å². The number of carbonyl (C=O) groups excluding carboxylic acids is 1. The Morgan fingerprint density at radius 2 is 2.24 bits per heavy atom. The number of fused-ring (bicyclic) bond motifs is 2. The summed E-state index contributed by atoms with van der Waals surface area (Å²) in [5.41, 5.74) is 2.31. The number of alkyl halides is 1. The van der Waals surface area contributed by atoms with Gasteiger partial charge in [-0.15, -0.1) is 11.8 Å². The molecule has 0 saturated carbocycles. The number of thioether (sulfide) groups is 1. The molecular weight excluding hydrogens is 395 g/mol. The number of nitrogens with zero attached hydrogens (tertiary/aromatic N) is 3. The summed E-state index contributed by atoms with van der Waals surface area (Å²) in [7, 11) is 1.91. The minimum absolute atomic E-state index is 0.113. The Morgan fingerprint density at radius 3 is 2.93 bits per heavy atom. The lowest BCUT2D eigenvalue weighted by Gasteiger charge is -2.28. The molecular formula is C20H21FN4O3S. The van der Waals surface area contributed by atoms with Crippen molar-refractivity contribution in [3.8, 4) is 22.8 Å². The fraction of sp³-hybridized carbons (Fsp3) is 0.350. The summed E-state index contributed by atoms with van der Waals surface area (Å²) in [6.07, 6.45) is 3.74. The number of nitrogens with one attached hydrogen (secondary N) is 1. The monoisotopic (exact) mass is 416 g/mol. The highest BCUT2D eigenvalue weighted by atomic mass is 32.2. The largest absolute Gasteiger partial charge is 0.483 e. The summed E-state index contributed by atoms with van der Waals surface area (Å²) in [5.74, 6) is 1.23. The topological polar surface area (TPSA) is 78.3 Å². The van der Waals surface area contributed by atoms with E-state index in [2.05, 4.69) is 10.3 Å². The number of aryl methyl sites for hydroxylation is 1. The van der Waals surface area contributed by atoms with Crippen LogP contribution in [0.25, 0.3) is 22.2 Å². The van der Waals surface area contributed by atoms with Crippen LogP contribution in [0.15, 0.2) is 29.6 Å². The number of hydrogen-bond donors (Lipinski definition) is 1. The predicted molar refractivity (Wildman–Crippen MR) is 111 cm³/mol. The minimum Gasteiger partial charge on any atom is -0.483 e. The summed E-state index contributed by atoms with van der Waals surface area (Å²) in [6, 6.07) is 3.58. The normalized spacial score (nSPS) is 16.7. The zero-order chi connectivity index (χ0) is 20.7. The maximum atomic E-state index is 13.8. The van der Waals surface area contributed by atoms with Crippen molar-refractivity contribution in [1.82, 2.24) is 14.5 Å². The highest BCUT2D eigenvalue weighted by Gasteiger charge is 2.30. The van der Waals surface area contributed by atoms with Gasteiger partial charge in [0.05, 0.1) is 11.7 Å². The number of amides is 1. The molecule has 0 aromatic carbocycles. The number of ether oxygens (including phenoxy) is 2. The molecule has 9 heteroatoms. The number of carbonyl (C=O) groups is 1. The Hall–Kier alpha value is -2.81. The van der Waals surface area contributed by atoms with Gasteiger partial charge in [0.25, 0.3) is 0 Å². The molecule has 3 aromatic rings. The molecule has 4 rings (SSSR count). The van der Waals surface area contributed by atoms with Gasteiger partial charge in [0.15, 0.2) is 17.6 Å². The van der Waals surface area contributed by atoms with Crippen molar-refractivity contribution >= 4 is 34.4 Å². The summed E-state index contributed by atoms with van der Waals surface area (Å²) in [6.45, 7) is 3.00. The van der Waals surface area contributed by atoms with E-state index in [1.165, 1.54) is 25.6 Å². The summed E-state index contributed by atoms with van der Waals surface area (Å²) < 4.78 is 27.5. The van der Waals surface area contributed by atoms with Crippen LogP contribution in [0.3, 0.4) is 0 Å². The molecule has 7 nitrogen and oxygen atoms in total. The van der Waals surface area contributed by atoms with Crippen LogP contribution in [-0.2, 0) is 11.8 Å². The van der Waals surface area contributed by atoms with Crippen molar-refractivity contribution in [2.75, 3.05) is 18.2 Å². The third kappa shape index (κ3) is 3.62. The van der Waals surface area contributed by atoms with E-state index in [0.717, 1.165) is 21.5 Å². The first-order valence-corrected chi connectivity index (χ1v) is 10.4. The van der Waals surface area contributed by atoms with E-state index >= 15 is 0 Å². The molecule has 1 aliphatic heterocycles. The summed E-state index contributed by atoms with van der Waals surface area (Å²) in [4.78, 5) is 20.5. The predicted octanol–water partition coefficient (Wildman–Crippen LogP) is 3.81. The molecule has 1 aliphatic rings. The van der Waals surface area contributed by atoms with Crippen LogP contribution in [0.2, 0.25) is 0 Å². The average molecular weight is 416 g/mol. The van der Waals surface area contributed by atoms with Gasteiger partial charge in [-0.3, -0.25) is 4.79 Å². The summed E-state index contributed by atoms with van der Waals surface area (Å²) in [5, 5.41) is 4.31. The standard InChI is InChI=1S/C20H21FN4O3S/c1-10(21)16-9-27-20-15(28-16)6-18(29-4)24-19(20)13-8-25(3)14-7-22-17(5-12(13)14)23-11(2)26/h5-8,10,16H,9H2,1-4H3,(H,22,23,26). The lowest BCUT2D eigenvalue weighted by atomic mass is 10.1. The van der Waals surface area contributed by atoms with Crippen LogP contribution < -0.4 is 14.8 Å². The maximum absolute atomic E-state index is 13.8. The quantitative estimate of drug-likeness (QED) is 0.652. The van der Waals surface area contributed by atoms with E-state index in [1.807, 2.05) is 30.1 Å². The van der Waals surface area contributed by atoms with Crippen LogP contribution in [0, 0.1) is 0 Å². The second-order valence-electron chi connectivity index (χ2n) is 6.91. The molecule has 0 fully saturated rings. The number of anilines is 1. The SMILES string of the molecule is CSc1cc2c(c(-c3cn(C)c4cnc(NC(C)=O)cc34)n1)OCC(C(C)F)O2. The Bertz CT molecular complexity index is 1100. The molecule has 29 heavy (non-hydrogen) atoms. The van der Waals surface area contributed by atoms with Gasteiger partial charge in [-0.25, -0.2) is 14.4 Å². The van der Waals surface area contributed by atoms with Gasteiger partial charge in [0.1, 0.15) is 29.3 Å². The fourth-order valence-corrected chi connectivity index (χ4v) is 3.71. The highest BCUT2D eigenvalue weighted by Crippen LogP contribution is 2.44. The first kappa shape index (κ1) is 19.5. The number of pyridine rings is 2. The first-order chi connectivity index (χ1) is 13.9. The van der Waals surface area contributed by atoms with Crippen molar-refractivity contribution in [3.05, 3.63) is 24.5 Å². The Morgan fingerprint density at radius 1 is 1.45 bits per heavy atom. The lowest BCUT2D eigenvalue weighted by molar-refractivity contribution is -0.114. The van der Waals surface area contributed by atoms with Gasteiger partial charge in [-0.05, 0) is 19.2 Å². The molecule has 1 N–H and O–H groups in total. The summed E-state index contributed by atoms with van der Waals surface area (Å²) >= 11 is 1.47. The average Bonchev–Trinajstić information content (AvgIpc) is 3.01. The number of rotatable bonds is 4. The van der Waals surface area contributed by atoms with Crippen LogP contribution in [-0.4, -0.2) is 45.6 Å². The first-order valence-electron chi connectivity index (χ1n) is 9.13. The molecule has 4 heterocycles. The molecule has 0 spiro atoms. The highest BCUT2D eigenvalue weighted by molar-refractivity contribution is 7.98. The molecule has 3 aromatic heterocycles. The molecule has 0 aliphatic carbocycles. The second kappa shape index (κ2) is 7.55. The minimum atomic E-state index is -1.15. The van der Waals surface area contributed by atoms with Gasteiger partial charge in [0, 0.05) is 37.2 Å². The van der Waals surface area contributed by atoms with E-state index in [1.54, 1.807) is 12.3 Å². The van der Waals surface area contributed by atoms with Crippen LogP contribution in [0.1, 0.15) is 13.8 Å². The molecule has 152 valence electrons. The molecule has 0 bridgehead atoms. The van der Waals surface area contributed by atoms with Gasteiger partial charge < -0.3 is 19.4 Å². The van der Waals surface area contributed by atoms with Crippen LogP contribution >= 0.6 is 11.8 Å². The zero-order valence-corrected chi connectivity index (χ0v) is 17.3. The molecule has 2 unspecified atom stereocenters. The number of hydrogen-bond acceptors (Lipinski definition) is 6. The zero-order valence-electron chi connectivity index (χ0n) is 16.5. The Kier molecular flexibility index (Phi) is 5.08. The van der Waals surface area contributed by atoms with Crippen molar-refractivity contribution in [2.24, 2.45) is 7.05 Å². The Balaban J connectivity index is 1.89. The third-order valence-corrected chi connectivity index (χ3v) is 5.37. The van der Waals surface area contributed by atoms with E-state index in [0.29, 0.717) is 23.0 Å². The van der Waals surface area contributed by atoms with Crippen molar-refractivity contribution in [1.29, 1.82) is 0 Å². The van der Waals surface area contributed by atoms with Crippen molar-refractivity contribution in [2.45, 2.75) is 31.1 Å². The molecule has 1 amide bonds. The third-order valence-electron chi connectivity index (χ3n) is 4.74. The van der Waals surface area contributed by atoms with Crippen molar-refractivity contribution < 1.29 is 18.7 Å². The van der Waals surface area contributed by atoms with Crippen LogP contribution in [0.5, 0.6) is 11.5 Å². The van der Waals surface area contributed by atoms with Gasteiger partial charge in [-0.2, -0.15) is 0 Å². The lowest BCUT2D eigenvalue weighted by Crippen LogP contribution is -2.36. The van der Waals surface area contributed by atoms with E-state index < -0.39 is 12.3 Å². The van der Waals surface area contributed by atoms with E-state index in [9.17, 15) is 9.18 Å².